The van der Waals surface area contributed by atoms with Gasteiger partial charge in [0.05, 0.1) is 0 Å². The summed E-state index contributed by atoms with van der Waals surface area (Å²) in [6.45, 7) is 0. The number of hydrogen-bond acceptors (Lipinski definition) is 6. The Morgan fingerprint density at radius 3 is 1.15 bits per heavy atom. The van der Waals surface area contributed by atoms with Crippen LogP contribution in [0, 0.1) is 24.3 Å². The fraction of sp³-hybridized carbons (Fsp3) is 0. The van der Waals surface area contributed by atoms with Gasteiger partial charge in [-0.2, -0.15) is 35.0 Å². The molecule has 13 aromatic rings. The molecular weight excluding hydrogens is 1190 g/mol. The standard InChI is InChI=1S/C56H31N7O2.2Pt/c1-2-12-36(13-3-1)37-34-59-56(60-35-37)63-52-32-40(64-38-20-24-44-42-14-4-6-16-48(42)61(50(44)30-38)54-18-8-10-28-57-54)22-26-46(52)47-27-23-41(33-53(47)63)65-39-21-25-45-43-15-5-7-17-49(43)62(51(45)31-39)55-19-9-11-29-58-55;;/h1-29,34-35H;;/q-4;2*+2. The van der Waals surface area contributed by atoms with Crippen LogP contribution in [0.25, 0.3) is 94.1 Å². The van der Waals surface area contributed by atoms with Crippen molar-refractivity contribution in [3.05, 3.63) is 213 Å². The number of benzene rings is 7. The molecule has 0 radical (unpaired) electrons. The first kappa shape index (κ1) is 42.0. The molecule has 322 valence electrons. The van der Waals surface area contributed by atoms with E-state index in [2.05, 4.69) is 79.8 Å². The minimum atomic E-state index is 0. The topological polar surface area (TPSA) is 84.8 Å². The van der Waals surface area contributed by atoms with E-state index in [9.17, 15) is 0 Å². The van der Waals surface area contributed by atoms with Gasteiger partial charge in [0.25, 0.3) is 0 Å². The van der Waals surface area contributed by atoms with Gasteiger partial charge in [0.2, 0.25) is 5.95 Å². The molecule has 0 spiro atoms. The Kier molecular flexibility index (Phi) is 10.8. The van der Waals surface area contributed by atoms with Crippen LogP contribution in [0.4, 0.5) is 0 Å². The molecule has 9 nitrogen and oxygen atoms in total. The first-order valence-electron chi connectivity index (χ1n) is 21.1. The summed E-state index contributed by atoms with van der Waals surface area (Å²) >= 11 is 0. The van der Waals surface area contributed by atoms with Gasteiger partial charge < -0.3 is 23.2 Å². The van der Waals surface area contributed by atoms with E-state index in [-0.39, 0.29) is 42.1 Å². The summed E-state index contributed by atoms with van der Waals surface area (Å²) in [5.74, 6) is 4.13. The summed E-state index contributed by atoms with van der Waals surface area (Å²) in [5.41, 5.74) is 7.16. The Morgan fingerprint density at radius 2 is 0.716 bits per heavy atom. The Bertz CT molecular complexity index is 3730. The molecule has 11 heteroatoms. The molecule has 0 bridgehead atoms. The number of rotatable bonds is 8. The first-order valence-corrected chi connectivity index (χ1v) is 21.1. The molecule has 0 aliphatic heterocycles. The molecule has 0 fully saturated rings. The number of fused-ring (bicyclic) bond motifs is 9. The minimum Gasteiger partial charge on any atom is -0.509 e. The maximum absolute atomic E-state index is 6.60. The second-order valence-corrected chi connectivity index (χ2v) is 15.6. The third kappa shape index (κ3) is 7.19. The van der Waals surface area contributed by atoms with Gasteiger partial charge in [-0.3, -0.25) is 0 Å². The number of hydrogen-bond donors (Lipinski definition) is 0. The molecule has 6 heterocycles. The summed E-state index contributed by atoms with van der Waals surface area (Å²) in [7, 11) is 0. The van der Waals surface area contributed by atoms with Crippen LogP contribution in [0.2, 0.25) is 0 Å². The predicted molar refractivity (Wildman–Crippen MR) is 254 cm³/mol. The molecule has 0 N–H and O–H groups in total. The van der Waals surface area contributed by atoms with Crippen molar-refractivity contribution in [2.24, 2.45) is 0 Å². The predicted octanol–water partition coefficient (Wildman–Crippen LogP) is 13.0. The third-order valence-corrected chi connectivity index (χ3v) is 11.8. The molecule has 7 aromatic carbocycles. The van der Waals surface area contributed by atoms with E-state index in [0.717, 1.165) is 88.2 Å². The summed E-state index contributed by atoms with van der Waals surface area (Å²) in [6, 6.07) is 68.7. The van der Waals surface area contributed by atoms with Gasteiger partial charge in [-0.25, -0.2) is 19.9 Å². The van der Waals surface area contributed by atoms with Crippen LogP contribution >= 0.6 is 0 Å². The molecule has 0 aliphatic rings. The molecule has 0 aliphatic carbocycles. The van der Waals surface area contributed by atoms with Crippen molar-refractivity contribution < 1.29 is 51.6 Å². The second-order valence-electron chi connectivity index (χ2n) is 15.6. The second kappa shape index (κ2) is 17.3. The van der Waals surface area contributed by atoms with Crippen LogP contribution in [0.3, 0.4) is 0 Å². The molecule has 67 heavy (non-hydrogen) atoms. The average molecular weight is 1220 g/mol. The van der Waals surface area contributed by atoms with E-state index in [1.165, 1.54) is 0 Å². The number of ether oxygens (including phenoxy) is 2. The maximum atomic E-state index is 6.60. The van der Waals surface area contributed by atoms with Gasteiger partial charge in [0.15, 0.2) is 0 Å². The van der Waals surface area contributed by atoms with E-state index in [4.69, 9.17) is 19.4 Å². The van der Waals surface area contributed by atoms with Gasteiger partial charge in [-0.05, 0) is 52.7 Å². The molecule has 0 saturated heterocycles. The number of nitrogens with zero attached hydrogens (tertiary/aromatic N) is 7. The summed E-state index contributed by atoms with van der Waals surface area (Å²) in [5, 5.41) is 6.17. The maximum Gasteiger partial charge on any atom is 2.00 e. The molecular formula is C56H31N7O2Pt2. The van der Waals surface area contributed by atoms with E-state index in [1.807, 2.05) is 144 Å². The number of pyridine rings is 2. The van der Waals surface area contributed by atoms with Crippen LogP contribution in [0.15, 0.2) is 189 Å². The Balaban J connectivity index is 0.00000247. The SMILES string of the molecule is [Pt+2].[Pt+2].[c-]1c(Oc2[c-]c3c(cc2)c2ccccc2n3-c2ccccn2)ccc2c3ccc(Oc4[c-]c5c(cc4)c4ccccc4n5-c4ccccn4)[c-]c3n(-c3ncc(-c4ccccc4)cn3)c12. The van der Waals surface area contributed by atoms with Crippen molar-refractivity contribution >= 4 is 65.4 Å². The number of aromatic nitrogens is 7. The smallest absolute Gasteiger partial charge is 0.509 e. The van der Waals surface area contributed by atoms with Gasteiger partial charge in [-0.1, -0.05) is 101 Å². The van der Waals surface area contributed by atoms with E-state index < -0.39 is 0 Å². The van der Waals surface area contributed by atoms with Crippen molar-refractivity contribution in [3.63, 3.8) is 0 Å². The summed E-state index contributed by atoms with van der Waals surface area (Å²) < 4.78 is 19.4. The monoisotopic (exact) mass is 1220 g/mol. The first-order chi connectivity index (χ1) is 32.2. The minimum absolute atomic E-state index is 0. The van der Waals surface area contributed by atoms with E-state index in [1.54, 1.807) is 12.4 Å². The Morgan fingerprint density at radius 1 is 0.328 bits per heavy atom. The largest absolute Gasteiger partial charge is 2.00 e. The van der Waals surface area contributed by atoms with E-state index >= 15 is 0 Å². The van der Waals surface area contributed by atoms with Crippen LogP contribution in [-0.4, -0.2) is 33.6 Å². The zero-order valence-electron chi connectivity index (χ0n) is 35.0. The molecule has 13 rings (SSSR count). The van der Waals surface area contributed by atoms with Crippen LogP contribution in [-0.2, 0) is 42.1 Å². The Labute approximate surface area is 412 Å². The van der Waals surface area contributed by atoms with Gasteiger partial charge in [0, 0.05) is 64.4 Å². The normalized spacial score (nSPS) is 11.3. The quantitative estimate of drug-likeness (QED) is 0.141. The van der Waals surface area contributed by atoms with Crippen LogP contribution in [0.1, 0.15) is 0 Å². The van der Waals surface area contributed by atoms with Crippen molar-refractivity contribution in [1.82, 2.24) is 33.6 Å². The van der Waals surface area contributed by atoms with Crippen molar-refractivity contribution in [3.8, 4) is 51.7 Å². The van der Waals surface area contributed by atoms with Gasteiger partial charge in [0.1, 0.15) is 11.6 Å². The summed E-state index contributed by atoms with van der Waals surface area (Å²) in [6.07, 6.45) is 7.28. The fourth-order valence-corrected chi connectivity index (χ4v) is 8.91. The molecule has 0 saturated carbocycles. The third-order valence-electron chi connectivity index (χ3n) is 11.8. The number of para-hydroxylation sites is 2. The zero-order chi connectivity index (χ0) is 42.8. The van der Waals surface area contributed by atoms with Crippen molar-refractivity contribution in [2.75, 3.05) is 0 Å². The van der Waals surface area contributed by atoms with Gasteiger partial charge >= 0.3 is 42.1 Å². The molecule has 0 atom stereocenters. The zero-order valence-corrected chi connectivity index (χ0v) is 39.5. The van der Waals surface area contributed by atoms with Crippen molar-refractivity contribution in [1.29, 1.82) is 0 Å². The van der Waals surface area contributed by atoms with Gasteiger partial charge in [-0.15, -0.1) is 59.3 Å². The Hall–Kier alpha value is -7.70. The molecule has 0 amide bonds. The van der Waals surface area contributed by atoms with E-state index in [0.29, 0.717) is 28.9 Å². The molecule has 0 unspecified atom stereocenters. The van der Waals surface area contributed by atoms with Crippen LogP contribution in [0.5, 0.6) is 23.0 Å². The summed E-state index contributed by atoms with van der Waals surface area (Å²) in [4.78, 5) is 19.2. The van der Waals surface area contributed by atoms with Crippen molar-refractivity contribution in [2.45, 2.75) is 0 Å². The fourth-order valence-electron chi connectivity index (χ4n) is 8.91. The average Bonchev–Trinajstić information content (AvgIpc) is 3.99. The van der Waals surface area contributed by atoms with Crippen LogP contribution < -0.4 is 9.47 Å². The molecule has 6 aromatic heterocycles.